The van der Waals surface area contributed by atoms with E-state index < -0.39 is 9.84 Å². The van der Waals surface area contributed by atoms with Crippen LogP contribution in [-0.4, -0.2) is 140 Å². The summed E-state index contributed by atoms with van der Waals surface area (Å²) >= 11 is 1.96. The van der Waals surface area contributed by atoms with E-state index in [1.165, 1.54) is 250 Å². The van der Waals surface area contributed by atoms with Crippen LogP contribution in [0.25, 0.3) is 144 Å². The molecular formula is C126H134N12O2S2. The van der Waals surface area contributed by atoms with Gasteiger partial charge < -0.3 is 51.9 Å². The molecule has 0 N–H and O–H groups in total. The van der Waals surface area contributed by atoms with Crippen LogP contribution in [0.3, 0.4) is 0 Å². The number of hydrogen-bond donors (Lipinski definition) is 0. The molecule has 18 aromatic rings. The van der Waals surface area contributed by atoms with Gasteiger partial charge in [-0.3, -0.25) is 4.98 Å². The van der Waals surface area contributed by atoms with E-state index in [1.54, 1.807) is 62.7 Å². The lowest BCUT2D eigenvalue weighted by Crippen LogP contribution is -2.27. The van der Waals surface area contributed by atoms with Gasteiger partial charge in [-0.1, -0.05) is 143 Å². The van der Waals surface area contributed by atoms with Crippen LogP contribution in [0.15, 0.2) is 242 Å². The summed E-state index contributed by atoms with van der Waals surface area (Å²) in [4.78, 5) is 18.2. The molecule has 0 radical (unpaired) electrons. The Balaban J connectivity index is 0.000000102. The lowest BCUT2D eigenvalue weighted by atomic mass is 9.97. The molecule has 142 heavy (non-hydrogen) atoms. The third kappa shape index (κ3) is 17.9. The average molecular weight is 1910 g/mol. The Hall–Kier alpha value is -12.7. The van der Waals surface area contributed by atoms with Gasteiger partial charge in [0.2, 0.25) is 0 Å². The van der Waals surface area contributed by atoms with Gasteiger partial charge in [-0.15, -0.1) is 11.3 Å². The molecule has 8 aliphatic rings. The van der Waals surface area contributed by atoms with Crippen molar-refractivity contribution in [3.63, 3.8) is 0 Å². The molecule has 3 aliphatic carbocycles. The van der Waals surface area contributed by atoms with Gasteiger partial charge in [-0.05, 0) is 351 Å². The fraction of sp³-hybridized carbons (Fsp3) is 0.310. The van der Waals surface area contributed by atoms with Gasteiger partial charge in [0, 0.05) is 235 Å². The van der Waals surface area contributed by atoms with Crippen molar-refractivity contribution >= 4 is 165 Å². The largest absolute Gasteiger partial charge is 0.351 e. The van der Waals surface area contributed by atoms with Crippen molar-refractivity contribution in [3.05, 3.63) is 354 Å². The molecule has 16 heteroatoms. The molecule has 722 valence electrons. The summed E-state index contributed by atoms with van der Waals surface area (Å²) < 4.78 is 40.3. The van der Waals surface area contributed by atoms with Gasteiger partial charge in [0.15, 0.2) is 9.84 Å². The Bertz CT molecular complexity index is 8340. The van der Waals surface area contributed by atoms with E-state index in [0.29, 0.717) is 4.90 Å². The number of rotatable bonds is 11. The lowest BCUT2D eigenvalue weighted by molar-refractivity contribution is 0.311. The first-order chi connectivity index (χ1) is 68.8. The number of hydrogen-bond acceptors (Lipinski definition) is 9. The zero-order valence-electron chi connectivity index (χ0n) is 85.6. The summed E-state index contributed by atoms with van der Waals surface area (Å²) in [7, 11) is 10.1. The summed E-state index contributed by atoms with van der Waals surface area (Å²) in [5.74, 6) is 0. The second kappa shape index (κ2) is 38.8. The molecule has 0 amide bonds. The second-order valence-electron chi connectivity index (χ2n) is 42.2. The maximum atomic E-state index is 12.0. The van der Waals surface area contributed by atoms with Crippen molar-refractivity contribution in [1.29, 1.82) is 0 Å². The standard InChI is InChI=1S/C28H28N2.C26H26N2S.C25H25N3.C24H28N2O2S.C23H27N3/c1-19-13-14-27-24(17-19)25-18-29(2)16-15-28(25)30(27)26-12-6-11-23(26)22-10-5-8-20-7-3-4-9-21(20)22;1-17-10-11-23-20(14-17)21-16-27(2)13-12-24(21)28(23)22-8-5-7-19(22)26-15-18-6-3-4-9-25(18)29-26;1-17-4-7-24-22(12-17)23-16-27(3)11-9-25(23)28(24)15-18(2)19-5-6-21-14-26-10-8-20(21)13-19;1-16-11-17(2)24-21(12-16)22-15-25(4)10-9-23(22)26(24)14-18(3)19-7-6-8-20(13-19)29(5,27)28;1-16-9-10-22-18(14-16)19-15-24(2)13-11-23(19)26(22)21-7-4-6-17(21)20-8-5-12-25(20)3/h3-5,7-10,13-14,17H,6,11-12,15-16,18H2,1-2H3;3-4,6,9-11,14-15H,5,7-8,12-13,16H2,1-2H3;4-8,10,12-15H,9,11,16H2,1-3H3;6-8,11-14H,9-10,15H2,1-5H3;5,8-10,12,14H,4,6-7,11,13,15H2,1-3H3/b;;18-15+;18-14+;. The zero-order chi connectivity index (χ0) is 97.8. The monoisotopic (exact) mass is 1910 g/mol. The highest BCUT2D eigenvalue weighted by Crippen LogP contribution is 2.50. The Morgan fingerprint density at radius 1 is 0.359 bits per heavy atom. The Kier molecular flexibility index (Phi) is 25.8. The quantitative estimate of drug-likeness (QED) is 0.126. The minimum atomic E-state index is -3.23. The predicted octanol–water partition coefficient (Wildman–Crippen LogP) is 28.3. The highest BCUT2D eigenvalue weighted by atomic mass is 32.2. The number of aryl methyl sites for hydroxylation is 7. The molecule has 0 spiro atoms. The van der Waals surface area contributed by atoms with E-state index in [1.807, 2.05) is 35.9 Å². The van der Waals surface area contributed by atoms with E-state index in [9.17, 15) is 8.42 Å². The summed E-state index contributed by atoms with van der Waals surface area (Å²) in [6.45, 7) is 28.2. The molecule has 0 unspecified atom stereocenters. The van der Waals surface area contributed by atoms with Crippen LogP contribution in [0.4, 0.5) is 0 Å². The number of sulfone groups is 1. The van der Waals surface area contributed by atoms with Crippen LogP contribution in [0.2, 0.25) is 0 Å². The van der Waals surface area contributed by atoms with Crippen molar-refractivity contribution in [3.8, 4) is 0 Å². The highest BCUT2D eigenvalue weighted by molar-refractivity contribution is 7.90. The number of thiophene rings is 1. The lowest BCUT2D eigenvalue weighted by Gasteiger charge is -2.25. The van der Waals surface area contributed by atoms with Gasteiger partial charge in [0.05, 0.1) is 32.5 Å². The first-order valence-corrected chi connectivity index (χ1v) is 54.3. The van der Waals surface area contributed by atoms with Crippen LogP contribution in [0.1, 0.15) is 189 Å². The Morgan fingerprint density at radius 3 is 1.37 bits per heavy atom. The average Bonchev–Trinajstić information content (AvgIpc) is 1.59. The first kappa shape index (κ1) is 94.2. The number of pyridine rings is 1. The van der Waals surface area contributed by atoms with Crippen molar-refractivity contribution in [2.45, 2.75) is 183 Å². The molecule has 0 saturated heterocycles. The first-order valence-electron chi connectivity index (χ1n) is 51.6. The summed E-state index contributed by atoms with van der Waals surface area (Å²) in [5, 5.41) is 13.6. The molecule has 10 aromatic carbocycles. The van der Waals surface area contributed by atoms with E-state index in [4.69, 9.17) is 0 Å². The fourth-order valence-electron chi connectivity index (χ4n) is 24.7. The highest BCUT2D eigenvalue weighted by Gasteiger charge is 2.34. The SMILES string of the molecule is C/C(=C\n1c2c(c3cc(C)cc(C)c31)CN(C)CC2)c1cccc(S(C)(=O)=O)c1.C/C(=C\n1c2c(c3cc(C)ccc31)CN(C)CC2)c1ccc2cnccc2c1.Cc1ccc2c(c1)c1c(n2C2=C(c3cc4ccccc4s3)CCC2)CCN(C)C1.Cc1ccc2c(c1)c1c(n2C2=C(c3cccc4ccccc34)CCC2)CCN(C)C1.Cc1ccc2c(c1)c1c(n2C2=C(c3cccn3C)CCC2)CCN(C)C1. The van der Waals surface area contributed by atoms with Crippen LogP contribution in [0.5, 0.6) is 0 Å². The molecular weight excluding hydrogens is 1780 g/mol. The van der Waals surface area contributed by atoms with Gasteiger partial charge in [-0.25, -0.2) is 8.42 Å². The van der Waals surface area contributed by atoms with Crippen LogP contribution >= 0.6 is 11.3 Å². The third-order valence-corrected chi connectivity index (χ3v) is 34.0. The summed E-state index contributed by atoms with van der Waals surface area (Å²) in [6.07, 6.45) is 28.1. The maximum Gasteiger partial charge on any atom is 0.175 e. The second-order valence-corrected chi connectivity index (χ2v) is 45.3. The Morgan fingerprint density at radius 2 is 0.817 bits per heavy atom. The van der Waals surface area contributed by atoms with Crippen molar-refractivity contribution in [1.82, 2.24) is 56.9 Å². The normalized spacial score (nSPS) is 16.8. The summed E-state index contributed by atoms with van der Waals surface area (Å²) in [6, 6.07) is 79.7. The van der Waals surface area contributed by atoms with Gasteiger partial charge in [-0.2, -0.15) is 0 Å². The Labute approximate surface area is 842 Å². The minimum absolute atomic E-state index is 0.357. The molecule has 0 saturated carbocycles. The molecule has 0 fully saturated rings. The predicted molar refractivity (Wildman–Crippen MR) is 601 cm³/mol. The molecule has 8 aromatic heterocycles. The molecule has 0 atom stereocenters. The number of benzene rings is 10. The summed E-state index contributed by atoms with van der Waals surface area (Å²) in [5.41, 5.74) is 46.3. The van der Waals surface area contributed by atoms with Crippen molar-refractivity contribution in [2.75, 3.05) is 74.2 Å². The minimum Gasteiger partial charge on any atom is -0.351 e. The van der Waals surface area contributed by atoms with E-state index in [-0.39, 0.29) is 0 Å². The molecule has 5 aliphatic heterocycles. The van der Waals surface area contributed by atoms with E-state index >= 15 is 0 Å². The number of likely N-dealkylation sites (N-methyl/N-ethyl adjacent to an activating group) is 5. The number of aromatic nitrogens is 7. The smallest absolute Gasteiger partial charge is 0.175 e. The van der Waals surface area contributed by atoms with Crippen LogP contribution < -0.4 is 0 Å². The number of nitrogens with zero attached hydrogens (tertiary/aromatic N) is 12. The molecule has 14 nitrogen and oxygen atoms in total. The van der Waals surface area contributed by atoms with E-state index in [0.717, 1.165) is 109 Å². The number of fused-ring (bicyclic) bond motifs is 18. The van der Waals surface area contributed by atoms with Crippen LogP contribution in [-0.2, 0) is 81.7 Å². The molecule has 0 bridgehead atoms. The van der Waals surface area contributed by atoms with E-state index in [2.05, 4.69) is 367 Å². The molecule has 13 heterocycles. The van der Waals surface area contributed by atoms with Crippen molar-refractivity contribution in [2.24, 2.45) is 7.05 Å². The maximum absolute atomic E-state index is 12.0. The van der Waals surface area contributed by atoms with Crippen LogP contribution in [0, 0.1) is 41.5 Å². The van der Waals surface area contributed by atoms with Gasteiger partial charge in [0.25, 0.3) is 0 Å². The molecule has 26 rings (SSSR count). The fourth-order valence-corrected chi connectivity index (χ4v) is 26.5. The number of allylic oxidation sites excluding steroid dienone is 8. The zero-order valence-corrected chi connectivity index (χ0v) is 87.3. The third-order valence-electron chi connectivity index (χ3n) is 31.8. The topological polar surface area (TPSA) is 92.8 Å². The van der Waals surface area contributed by atoms with Crippen molar-refractivity contribution < 1.29 is 8.42 Å². The van der Waals surface area contributed by atoms with Gasteiger partial charge >= 0.3 is 0 Å². The van der Waals surface area contributed by atoms with Gasteiger partial charge in [0.1, 0.15) is 0 Å².